The maximum absolute atomic E-state index is 14.7. The summed E-state index contributed by atoms with van der Waals surface area (Å²) in [6.45, 7) is 3.64. The highest BCUT2D eigenvalue weighted by atomic mass is 35.5. The first-order valence-corrected chi connectivity index (χ1v) is 17.5. The predicted molar refractivity (Wildman–Crippen MR) is 189 cm³/mol. The molecule has 4 aromatic carbocycles. The van der Waals surface area contributed by atoms with Gasteiger partial charge in [0.1, 0.15) is 24.1 Å². The number of anilines is 1. The predicted octanol–water partition coefficient (Wildman–Crippen LogP) is 6.62. The number of methoxy groups -OCH3 is 2. The molecule has 4 aromatic rings. The van der Waals surface area contributed by atoms with Gasteiger partial charge in [-0.15, -0.1) is 0 Å². The van der Waals surface area contributed by atoms with E-state index in [4.69, 9.17) is 32.7 Å². The highest BCUT2D eigenvalue weighted by Gasteiger charge is 2.35. The highest BCUT2D eigenvalue weighted by Crippen LogP contribution is 2.33. The van der Waals surface area contributed by atoms with Crippen LogP contribution in [0.1, 0.15) is 25.0 Å². The van der Waals surface area contributed by atoms with Gasteiger partial charge in [0.2, 0.25) is 11.8 Å². The van der Waals surface area contributed by atoms with Gasteiger partial charge in [0.25, 0.3) is 10.0 Å². The molecule has 0 spiro atoms. The van der Waals surface area contributed by atoms with Crippen LogP contribution in [-0.4, -0.2) is 58.5 Å². The van der Waals surface area contributed by atoms with Gasteiger partial charge in [-0.3, -0.25) is 13.9 Å². The van der Waals surface area contributed by atoms with E-state index in [0.717, 1.165) is 9.87 Å². The summed E-state index contributed by atoms with van der Waals surface area (Å²) in [6.07, 6.45) is 0.178. The topological polar surface area (TPSA) is 105 Å². The van der Waals surface area contributed by atoms with Crippen molar-refractivity contribution in [3.05, 3.63) is 118 Å². The first kappa shape index (κ1) is 36.6. The molecule has 254 valence electrons. The number of hydrogen-bond acceptors (Lipinski definition) is 6. The van der Waals surface area contributed by atoms with Gasteiger partial charge in [-0.1, -0.05) is 85.6 Å². The van der Waals surface area contributed by atoms with Crippen LogP contribution in [-0.2, 0) is 32.6 Å². The second-order valence-electron chi connectivity index (χ2n) is 11.5. The van der Waals surface area contributed by atoms with E-state index in [0.29, 0.717) is 22.9 Å². The summed E-state index contributed by atoms with van der Waals surface area (Å²) in [5.41, 5.74) is 1.58. The van der Waals surface area contributed by atoms with Crippen molar-refractivity contribution in [2.75, 3.05) is 31.6 Å². The summed E-state index contributed by atoms with van der Waals surface area (Å²) in [6, 6.07) is 25.7. The molecule has 0 saturated heterocycles. The Hall–Kier alpha value is -4.25. The molecule has 48 heavy (non-hydrogen) atoms. The Balaban J connectivity index is 1.84. The minimum absolute atomic E-state index is 0.0509. The number of rotatable bonds is 15. The van der Waals surface area contributed by atoms with Gasteiger partial charge in [0, 0.05) is 19.5 Å². The van der Waals surface area contributed by atoms with Gasteiger partial charge < -0.3 is 19.7 Å². The number of carbonyl (C=O) groups is 2. The van der Waals surface area contributed by atoms with Crippen LogP contribution < -0.4 is 19.1 Å². The quantitative estimate of drug-likeness (QED) is 0.149. The molecule has 0 radical (unpaired) electrons. The lowest BCUT2D eigenvalue weighted by Crippen LogP contribution is -2.53. The average Bonchev–Trinajstić information content (AvgIpc) is 3.09. The summed E-state index contributed by atoms with van der Waals surface area (Å²) < 4.78 is 40.4. The minimum atomic E-state index is -4.34. The fourth-order valence-corrected chi connectivity index (χ4v) is 6.78. The van der Waals surface area contributed by atoms with Crippen LogP contribution in [0.3, 0.4) is 0 Å². The molecule has 12 heteroatoms. The Bertz CT molecular complexity index is 1800. The maximum Gasteiger partial charge on any atom is 0.264 e. The van der Waals surface area contributed by atoms with Crippen molar-refractivity contribution in [2.45, 2.75) is 37.8 Å². The fraction of sp³-hybridized carbons (Fsp3) is 0.278. The van der Waals surface area contributed by atoms with E-state index in [1.165, 1.54) is 43.4 Å². The number of halogens is 2. The lowest BCUT2D eigenvalue weighted by atomic mass is 10.0. The van der Waals surface area contributed by atoms with Crippen LogP contribution in [0.2, 0.25) is 10.0 Å². The second kappa shape index (κ2) is 16.7. The molecule has 0 saturated carbocycles. The molecule has 0 aromatic heterocycles. The lowest BCUT2D eigenvalue weighted by molar-refractivity contribution is -0.140. The zero-order valence-electron chi connectivity index (χ0n) is 27.2. The van der Waals surface area contributed by atoms with Crippen LogP contribution in [0.25, 0.3) is 0 Å². The van der Waals surface area contributed by atoms with Crippen LogP contribution in [0.5, 0.6) is 11.5 Å². The Morgan fingerprint density at radius 2 is 1.48 bits per heavy atom. The van der Waals surface area contributed by atoms with Gasteiger partial charge in [-0.2, -0.15) is 0 Å². The monoisotopic (exact) mass is 711 g/mol. The third-order valence-electron chi connectivity index (χ3n) is 7.57. The summed E-state index contributed by atoms with van der Waals surface area (Å²) in [5.74, 6) is -0.125. The van der Waals surface area contributed by atoms with Gasteiger partial charge in [-0.05, 0) is 65.6 Å². The van der Waals surface area contributed by atoms with Crippen molar-refractivity contribution >= 4 is 50.7 Å². The molecule has 0 aliphatic rings. The van der Waals surface area contributed by atoms with E-state index in [9.17, 15) is 18.0 Å². The average molecular weight is 713 g/mol. The van der Waals surface area contributed by atoms with E-state index in [1.807, 2.05) is 44.2 Å². The Morgan fingerprint density at radius 3 is 2.10 bits per heavy atom. The third kappa shape index (κ3) is 9.21. The van der Waals surface area contributed by atoms with E-state index in [1.54, 1.807) is 42.5 Å². The molecule has 0 unspecified atom stereocenters. The van der Waals surface area contributed by atoms with Crippen molar-refractivity contribution in [1.82, 2.24) is 10.2 Å². The van der Waals surface area contributed by atoms with Crippen molar-refractivity contribution in [2.24, 2.45) is 5.92 Å². The Morgan fingerprint density at radius 1 is 0.812 bits per heavy atom. The number of nitrogens with one attached hydrogen (secondary N) is 1. The lowest BCUT2D eigenvalue weighted by Gasteiger charge is -2.34. The van der Waals surface area contributed by atoms with Crippen molar-refractivity contribution in [1.29, 1.82) is 0 Å². The number of benzene rings is 4. The zero-order chi connectivity index (χ0) is 34.8. The van der Waals surface area contributed by atoms with Gasteiger partial charge in [0.05, 0.1) is 34.8 Å². The van der Waals surface area contributed by atoms with Crippen LogP contribution in [0, 0.1) is 5.92 Å². The molecule has 0 fully saturated rings. The molecule has 2 amide bonds. The zero-order valence-corrected chi connectivity index (χ0v) is 29.6. The number of ether oxygens (including phenoxy) is 2. The van der Waals surface area contributed by atoms with Gasteiger partial charge >= 0.3 is 0 Å². The Kier molecular flexibility index (Phi) is 12.7. The van der Waals surface area contributed by atoms with E-state index in [-0.39, 0.29) is 46.1 Å². The van der Waals surface area contributed by atoms with Crippen molar-refractivity contribution in [3.63, 3.8) is 0 Å². The number of hydrogen-bond donors (Lipinski definition) is 1. The van der Waals surface area contributed by atoms with E-state index < -0.39 is 28.5 Å². The maximum atomic E-state index is 14.7. The number of amides is 2. The molecule has 0 aliphatic carbocycles. The first-order chi connectivity index (χ1) is 22.9. The first-order valence-electron chi connectivity index (χ1n) is 15.3. The number of para-hydroxylation sites is 2. The van der Waals surface area contributed by atoms with E-state index in [2.05, 4.69) is 5.32 Å². The molecular weight excluding hydrogens is 673 g/mol. The standard InChI is InChI=1S/C36H39Cl2N3O6S/c1-25(2)22-39-36(43)33(21-26-10-6-5-7-11-26)40(23-27-14-19-30(37)31(38)20-27)35(42)24-41(32-12-8-9-13-34(32)47-4)48(44,45)29-17-15-28(46-3)16-18-29/h5-20,25,33H,21-24H2,1-4H3,(H,39,43)/t33-/m1/s1. The fourth-order valence-electron chi connectivity index (χ4n) is 5.04. The van der Waals surface area contributed by atoms with Gasteiger partial charge in [-0.25, -0.2) is 8.42 Å². The summed E-state index contributed by atoms with van der Waals surface area (Å²) >= 11 is 12.5. The molecule has 0 aliphatic heterocycles. The largest absolute Gasteiger partial charge is 0.497 e. The van der Waals surface area contributed by atoms with Crippen molar-refractivity contribution in [3.8, 4) is 11.5 Å². The number of nitrogens with zero attached hydrogens (tertiary/aromatic N) is 2. The molecule has 4 rings (SSSR count). The minimum Gasteiger partial charge on any atom is -0.497 e. The molecular formula is C36H39Cl2N3O6S. The summed E-state index contributed by atoms with van der Waals surface area (Å²) in [4.78, 5) is 29.9. The second-order valence-corrected chi connectivity index (χ2v) is 14.2. The SMILES string of the molecule is COc1ccc(S(=O)(=O)N(CC(=O)N(Cc2ccc(Cl)c(Cl)c2)[C@H](Cc2ccccc2)C(=O)NCC(C)C)c2ccccc2OC)cc1. The van der Waals surface area contributed by atoms with Crippen molar-refractivity contribution < 1.29 is 27.5 Å². The summed E-state index contributed by atoms with van der Waals surface area (Å²) in [5, 5.41) is 3.59. The molecule has 1 atom stereocenters. The molecule has 9 nitrogen and oxygen atoms in total. The number of carbonyl (C=O) groups excluding carboxylic acids is 2. The Labute approximate surface area is 292 Å². The smallest absolute Gasteiger partial charge is 0.264 e. The highest BCUT2D eigenvalue weighted by molar-refractivity contribution is 7.92. The normalized spacial score (nSPS) is 11.9. The number of sulfonamides is 1. The molecule has 1 N–H and O–H groups in total. The summed E-state index contributed by atoms with van der Waals surface area (Å²) in [7, 11) is -1.44. The molecule has 0 bridgehead atoms. The van der Waals surface area contributed by atoms with Gasteiger partial charge in [0.15, 0.2) is 0 Å². The van der Waals surface area contributed by atoms with Crippen LogP contribution in [0.15, 0.2) is 102 Å². The molecule has 0 heterocycles. The van der Waals surface area contributed by atoms with Crippen LogP contribution in [0.4, 0.5) is 5.69 Å². The third-order valence-corrected chi connectivity index (χ3v) is 10.1. The van der Waals surface area contributed by atoms with Crippen LogP contribution >= 0.6 is 23.2 Å². The van der Waals surface area contributed by atoms with E-state index >= 15 is 0 Å².